The molecule has 0 atom stereocenters. The van der Waals surface area contributed by atoms with Gasteiger partial charge in [0.25, 0.3) is 0 Å². The highest BCUT2D eigenvalue weighted by molar-refractivity contribution is 6.30. The zero-order chi connectivity index (χ0) is 6.97. The summed E-state index contributed by atoms with van der Waals surface area (Å²) in [4.78, 5) is 8.22. The van der Waals surface area contributed by atoms with E-state index in [0.717, 1.165) is 15.7 Å². The van der Waals surface area contributed by atoms with E-state index in [1.54, 1.807) is 0 Å². The molecule has 0 spiro atoms. The SMILES string of the molecule is Clc1ccc2c(c1)=NCN=2. The number of hydrogen-bond donors (Lipinski definition) is 0. The molecule has 50 valence electrons. The van der Waals surface area contributed by atoms with Crippen molar-refractivity contribution in [3.63, 3.8) is 0 Å². The molecule has 0 aromatic heterocycles. The van der Waals surface area contributed by atoms with Crippen molar-refractivity contribution in [2.24, 2.45) is 9.98 Å². The van der Waals surface area contributed by atoms with E-state index in [1.165, 1.54) is 0 Å². The first-order chi connectivity index (χ1) is 4.86. The molecule has 1 aromatic rings. The summed E-state index contributed by atoms with van der Waals surface area (Å²) in [6.45, 7) is 0.551. The van der Waals surface area contributed by atoms with Gasteiger partial charge in [-0.25, -0.2) is 0 Å². The quantitative estimate of drug-likeness (QED) is 0.519. The second-order valence-electron chi connectivity index (χ2n) is 2.09. The van der Waals surface area contributed by atoms with Crippen LogP contribution in [0.4, 0.5) is 0 Å². The van der Waals surface area contributed by atoms with Crippen LogP contribution in [0, 0.1) is 0 Å². The third-order valence-electron chi connectivity index (χ3n) is 1.42. The van der Waals surface area contributed by atoms with Crippen LogP contribution in [0.3, 0.4) is 0 Å². The van der Waals surface area contributed by atoms with E-state index in [-0.39, 0.29) is 0 Å². The van der Waals surface area contributed by atoms with Crippen molar-refractivity contribution in [2.75, 3.05) is 6.67 Å². The molecule has 1 aliphatic rings. The van der Waals surface area contributed by atoms with Gasteiger partial charge in [0.2, 0.25) is 0 Å². The van der Waals surface area contributed by atoms with E-state index in [4.69, 9.17) is 11.6 Å². The highest BCUT2D eigenvalue weighted by Gasteiger charge is 1.94. The average Bonchev–Trinajstić information content (AvgIpc) is 2.33. The summed E-state index contributed by atoms with van der Waals surface area (Å²) in [6, 6.07) is 5.53. The Hall–Kier alpha value is -0.890. The largest absolute Gasteiger partial charge is 0.260 e. The Morgan fingerprint density at radius 1 is 1.20 bits per heavy atom. The molecule has 1 heterocycles. The Balaban J connectivity index is 2.88. The molecule has 2 rings (SSSR count). The van der Waals surface area contributed by atoms with Crippen molar-refractivity contribution in [3.8, 4) is 0 Å². The predicted molar refractivity (Wildman–Crippen MR) is 38.6 cm³/mol. The minimum absolute atomic E-state index is 0.551. The highest BCUT2D eigenvalue weighted by Crippen LogP contribution is 2.00. The number of hydrogen-bond acceptors (Lipinski definition) is 2. The lowest BCUT2D eigenvalue weighted by molar-refractivity contribution is 1.06. The van der Waals surface area contributed by atoms with Crippen molar-refractivity contribution in [3.05, 3.63) is 33.9 Å². The molecule has 0 radical (unpaired) electrons. The molecule has 0 N–H and O–H groups in total. The number of benzene rings is 1. The first-order valence-corrected chi connectivity index (χ1v) is 3.38. The number of rotatable bonds is 0. The second kappa shape index (κ2) is 2.06. The lowest BCUT2D eigenvalue weighted by atomic mass is 10.3. The van der Waals surface area contributed by atoms with Crippen LogP contribution in [0.5, 0.6) is 0 Å². The molecule has 0 unspecified atom stereocenters. The molecule has 3 heteroatoms. The van der Waals surface area contributed by atoms with Crippen LogP contribution >= 0.6 is 11.6 Å². The molecule has 0 bridgehead atoms. The van der Waals surface area contributed by atoms with Crippen LogP contribution in [-0.4, -0.2) is 6.67 Å². The summed E-state index contributed by atoms with van der Waals surface area (Å²) in [7, 11) is 0. The molecule has 0 saturated heterocycles. The summed E-state index contributed by atoms with van der Waals surface area (Å²) in [6.07, 6.45) is 0. The van der Waals surface area contributed by atoms with E-state index in [2.05, 4.69) is 9.98 Å². The molecular weight excluding hydrogens is 148 g/mol. The van der Waals surface area contributed by atoms with Gasteiger partial charge >= 0.3 is 0 Å². The summed E-state index contributed by atoms with van der Waals surface area (Å²) in [5.74, 6) is 0. The van der Waals surface area contributed by atoms with E-state index in [0.29, 0.717) is 6.67 Å². The molecule has 0 fully saturated rings. The topological polar surface area (TPSA) is 24.7 Å². The van der Waals surface area contributed by atoms with Gasteiger partial charge < -0.3 is 0 Å². The van der Waals surface area contributed by atoms with Gasteiger partial charge in [-0.05, 0) is 18.2 Å². The fourth-order valence-electron chi connectivity index (χ4n) is 0.945. The van der Waals surface area contributed by atoms with Crippen molar-refractivity contribution in [1.82, 2.24) is 0 Å². The van der Waals surface area contributed by atoms with Gasteiger partial charge in [0.15, 0.2) is 0 Å². The molecule has 0 aliphatic carbocycles. The first kappa shape index (κ1) is 5.86. The maximum atomic E-state index is 5.72. The maximum absolute atomic E-state index is 5.72. The molecule has 10 heavy (non-hydrogen) atoms. The van der Waals surface area contributed by atoms with Crippen LogP contribution in [-0.2, 0) is 0 Å². The summed E-state index contributed by atoms with van der Waals surface area (Å²) >= 11 is 5.72. The number of halogens is 1. The van der Waals surface area contributed by atoms with Crippen molar-refractivity contribution in [2.45, 2.75) is 0 Å². The molecular formula is C7H5ClN2. The maximum Gasteiger partial charge on any atom is 0.130 e. The van der Waals surface area contributed by atoms with E-state index >= 15 is 0 Å². The second-order valence-corrected chi connectivity index (χ2v) is 2.53. The highest BCUT2D eigenvalue weighted by atomic mass is 35.5. The molecule has 0 amide bonds. The van der Waals surface area contributed by atoms with E-state index in [1.807, 2.05) is 18.2 Å². The zero-order valence-electron chi connectivity index (χ0n) is 5.21. The predicted octanol–water partition coefficient (Wildman–Crippen LogP) is 0.550. The Labute approximate surface area is 62.9 Å². The minimum Gasteiger partial charge on any atom is -0.260 e. The standard InChI is InChI=1S/C7H5ClN2/c8-5-1-2-6-7(3-5)10-4-9-6/h1-3H,4H2. The van der Waals surface area contributed by atoms with Crippen LogP contribution in [0.2, 0.25) is 5.02 Å². The Kier molecular flexibility index (Phi) is 1.21. The zero-order valence-corrected chi connectivity index (χ0v) is 5.97. The molecule has 0 saturated carbocycles. The van der Waals surface area contributed by atoms with Gasteiger partial charge in [-0.2, -0.15) is 0 Å². The van der Waals surface area contributed by atoms with Gasteiger partial charge in [-0.1, -0.05) is 11.6 Å². The average molecular weight is 153 g/mol. The monoisotopic (exact) mass is 152 g/mol. The van der Waals surface area contributed by atoms with E-state index < -0.39 is 0 Å². The van der Waals surface area contributed by atoms with Gasteiger partial charge in [-0.15, -0.1) is 0 Å². The van der Waals surface area contributed by atoms with Crippen LogP contribution in [0.1, 0.15) is 0 Å². The molecule has 1 aliphatic heterocycles. The van der Waals surface area contributed by atoms with Crippen molar-refractivity contribution >= 4 is 11.6 Å². The Bertz CT molecular complexity index is 370. The summed E-state index contributed by atoms with van der Waals surface area (Å²) in [5.41, 5.74) is 0. The van der Waals surface area contributed by atoms with Gasteiger partial charge in [0, 0.05) is 5.02 Å². The van der Waals surface area contributed by atoms with Crippen LogP contribution in [0.15, 0.2) is 28.2 Å². The minimum atomic E-state index is 0.551. The van der Waals surface area contributed by atoms with Gasteiger partial charge in [0.1, 0.15) is 6.67 Å². The fourth-order valence-corrected chi connectivity index (χ4v) is 1.11. The van der Waals surface area contributed by atoms with Crippen molar-refractivity contribution < 1.29 is 0 Å². The van der Waals surface area contributed by atoms with Gasteiger partial charge in [-0.3, -0.25) is 9.98 Å². The first-order valence-electron chi connectivity index (χ1n) is 3.01. The van der Waals surface area contributed by atoms with Crippen LogP contribution in [0.25, 0.3) is 0 Å². The normalized spacial score (nSPS) is 13.7. The third-order valence-corrected chi connectivity index (χ3v) is 1.65. The number of nitrogens with zero attached hydrogens (tertiary/aromatic N) is 2. The number of fused-ring (bicyclic) bond motifs is 1. The van der Waals surface area contributed by atoms with Crippen molar-refractivity contribution in [1.29, 1.82) is 0 Å². The molecule has 2 nitrogen and oxygen atoms in total. The summed E-state index contributed by atoms with van der Waals surface area (Å²) < 4.78 is 0. The molecule has 1 aromatic carbocycles. The van der Waals surface area contributed by atoms with Gasteiger partial charge in [0.05, 0.1) is 10.7 Å². The smallest absolute Gasteiger partial charge is 0.130 e. The Morgan fingerprint density at radius 3 is 2.90 bits per heavy atom. The summed E-state index contributed by atoms with van der Waals surface area (Å²) in [5, 5.41) is 2.58. The van der Waals surface area contributed by atoms with E-state index in [9.17, 15) is 0 Å². The Morgan fingerprint density at radius 2 is 2.00 bits per heavy atom. The van der Waals surface area contributed by atoms with Crippen LogP contribution < -0.4 is 10.7 Å². The third kappa shape index (κ3) is 0.809. The lowest BCUT2D eigenvalue weighted by Gasteiger charge is -1.83. The fraction of sp³-hybridized carbons (Fsp3) is 0.143. The lowest BCUT2D eigenvalue weighted by Crippen LogP contribution is -2.20.